The molecular weight excluding hydrogens is 306 g/mol. The van der Waals surface area contributed by atoms with Crippen molar-refractivity contribution < 1.29 is 37.4 Å². The van der Waals surface area contributed by atoms with E-state index in [1.54, 1.807) is 6.92 Å². The average Bonchev–Trinajstić information content (AvgIpc) is 2.41. The number of aliphatic carboxylic acids is 1. The molecule has 0 spiro atoms. The van der Waals surface area contributed by atoms with Crippen molar-refractivity contribution in [3.8, 4) is 0 Å². The standard InChI is InChI=1S/C11H19NO8S/c1-3-20-10(14)6-7-21(17,18)12-8(11(15)16)4-5-9(13)19-2/h8,12H,3-7H2,1-2H3,(H,15,16)/t8-/m1/s1. The van der Waals surface area contributed by atoms with E-state index in [-0.39, 0.29) is 25.9 Å². The number of esters is 2. The minimum Gasteiger partial charge on any atom is -0.480 e. The molecule has 0 heterocycles. The Bertz CT molecular complexity index is 473. The average molecular weight is 325 g/mol. The smallest absolute Gasteiger partial charge is 0.321 e. The van der Waals surface area contributed by atoms with Crippen molar-refractivity contribution in [3.05, 3.63) is 0 Å². The summed E-state index contributed by atoms with van der Waals surface area (Å²) in [7, 11) is -2.84. The van der Waals surface area contributed by atoms with Gasteiger partial charge in [-0.1, -0.05) is 0 Å². The van der Waals surface area contributed by atoms with Gasteiger partial charge in [0.15, 0.2) is 0 Å². The molecule has 10 heteroatoms. The van der Waals surface area contributed by atoms with Gasteiger partial charge in [0, 0.05) is 6.42 Å². The van der Waals surface area contributed by atoms with Crippen molar-refractivity contribution in [2.24, 2.45) is 0 Å². The lowest BCUT2D eigenvalue weighted by Crippen LogP contribution is -2.42. The first kappa shape index (κ1) is 19.3. The number of methoxy groups -OCH3 is 1. The van der Waals surface area contributed by atoms with Crippen LogP contribution in [-0.4, -0.2) is 56.9 Å². The van der Waals surface area contributed by atoms with E-state index in [1.165, 1.54) is 0 Å². The molecular formula is C11H19NO8S. The number of rotatable bonds is 10. The largest absolute Gasteiger partial charge is 0.480 e. The summed E-state index contributed by atoms with van der Waals surface area (Å²) in [5.74, 6) is -3.34. The van der Waals surface area contributed by atoms with E-state index in [0.29, 0.717) is 0 Å². The number of ether oxygens (including phenoxy) is 2. The summed E-state index contributed by atoms with van der Waals surface area (Å²) < 4.78 is 34.2. The normalized spacial score (nSPS) is 12.5. The van der Waals surface area contributed by atoms with Crippen molar-refractivity contribution >= 4 is 27.9 Å². The van der Waals surface area contributed by atoms with E-state index in [9.17, 15) is 22.8 Å². The van der Waals surface area contributed by atoms with Gasteiger partial charge in [-0.25, -0.2) is 13.1 Å². The van der Waals surface area contributed by atoms with E-state index >= 15 is 0 Å². The molecule has 0 radical (unpaired) electrons. The molecule has 2 N–H and O–H groups in total. The van der Waals surface area contributed by atoms with Gasteiger partial charge in [-0.3, -0.25) is 14.4 Å². The van der Waals surface area contributed by atoms with Crippen molar-refractivity contribution in [1.82, 2.24) is 4.72 Å². The number of hydrogen-bond acceptors (Lipinski definition) is 7. The maximum Gasteiger partial charge on any atom is 0.321 e. The number of hydrogen-bond donors (Lipinski definition) is 2. The molecule has 1 atom stereocenters. The fraction of sp³-hybridized carbons (Fsp3) is 0.727. The molecule has 0 aliphatic rings. The van der Waals surface area contributed by atoms with Crippen LogP contribution in [0.1, 0.15) is 26.2 Å². The summed E-state index contributed by atoms with van der Waals surface area (Å²) in [6.07, 6.45) is -0.874. The second-order valence-electron chi connectivity index (χ2n) is 4.00. The molecule has 0 amide bonds. The van der Waals surface area contributed by atoms with Crippen LogP contribution in [0.4, 0.5) is 0 Å². The van der Waals surface area contributed by atoms with Gasteiger partial charge >= 0.3 is 17.9 Å². The van der Waals surface area contributed by atoms with Gasteiger partial charge in [0.1, 0.15) is 6.04 Å². The van der Waals surface area contributed by atoms with E-state index in [0.717, 1.165) is 7.11 Å². The lowest BCUT2D eigenvalue weighted by atomic mass is 10.2. The van der Waals surface area contributed by atoms with Crippen LogP contribution in [0.15, 0.2) is 0 Å². The molecule has 0 aromatic heterocycles. The third kappa shape index (κ3) is 8.97. The minimum atomic E-state index is -3.98. The second kappa shape index (κ2) is 9.29. The Morgan fingerprint density at radius 1 is 1.19 bits per heavy atom. The van der Waals surface area contributed by atoms with Crippen LogP contribution in [0.3, 0.4) is 0 Å². The minimum absolute atomic E-state index is 0.128. The van der Waals surface area contributed by atoms with Gasteiger partial charge in [0.25, 0.3) is 0 Å². The lowest BCUT2D eigenvalue weighted by Gasteiger charge is -2.14. The Morgan fingerprint density at radius 3 is 2.29 bits per heavy atom. The summed E-state index contributed by atoms with van der Waals surface area (Å²) in [5, 5.41) is 8.91. The second-order valence-corrected chi connectivity index (χ2v) is 5.87. The fourth-order valence-corrected chi connectivity index (χ4v) is 2.53. The van der Waals surface area contributed by atoms with Crippen LogP contribution in [0, 0.1) is 0 Å². The molecule has 0 saturated carbocycles. The van der Waals surface area contributed by atoms with E-state index in [1.807, 2.05) is 4.72 Å². The van der Waals surface area contributed by atoms with Crippen LogP contribution in [-0.2, 0) is 33.9 Å². The zero-order chi connectivity index (χ0) is 16.5. The molecule has 0 rings (SSSR count). The van der Waals surface area contributed by atoms with Crippen LogP contribution >= 0.6 is 0 Å². The summed E-state index contributed by atoms with van der Waals surface area (Å²) in [6, 6.07) is -1.46. The molecule has 0 aromatic rings. The first-order valence-electron chi connectivity index (χ1n) is 6.17. The van der Waals surface area contributed by atoms with Crippen LogP contribution in [0.2, 0.25) is 0 Å². The number of carbonyl (C=O) groups is 3. The third-order valence-corrected chi connectivity index (χ3v) is 3.75. The molecule has 0 aliphatic heterocycles. The zero-order valence-electron chi connectivity index (χ0n) is 11.8. The van der Waals surface area contributed by atoms with Gasteiger partial charge in [-0.15, -0.1) is 0 Å². The predicted molar refractivity (Wildman–Crippen MR) is 70.8 cm³/mol. The molecule has 122 valence electrons. The Morgan fingerprint density at radius 2 is 1.81 bits per heavy atom. The molecule has 21 heavy (non-hydrogen) atoms. The number of sulfonamides is 1. The maximum absolute atomic E-state index is 11.7. The number of nitrogens with one attached hydrogen (secondary N) is 1. The van der Waals surface area contributed by atoms with Gasteiger partial charge in [0.2, 0.25) is 10.0 Å². The number of carbonyl (C=O) groups excluding carboxylic acids is 2. The van der Waals surface area contributed by atoms with Crippen molar-refractivity contribution in [1.29, 1.82) is 0 Å². The highest BCUT2D eigenvalue weighted by atomic mass is 32.2. The van der Waals surface area contributed by atoms with Crippen LogP contribution in [0.5, 0.6) is 0 Å². The van der Waals surface area contributed by atoms with Crippen molar-refractivity contribution in [3.63, 3.8) is 0 Å². The summed E-state index contributed by atoms with van der Waals surface area (Å²) >= 11 is 0. The molecule has 0 saturated heterocycles. The van der Waals surface area contributed by atoms with Crippen LogP contribution in [0.25, 0.3) is 0 Å². The number of carboxylic acids is 1. The van der Waals surface area contributed by atoms with E-state index < -0.39 is 39.7 Å². The molecule has 9 nitrogen and oxygen atoms in total. The molecule has 0 unspecified atom stereocenters. The highest BCUT2D eigenvalue weighted by Gasteiger charge is 2.25. The summed E-state index contributed by atoms with van der Waals surface area (Å²) in [5.41, 5.74) is 0. The molecule has 0 fully saturated rings. The Labute approximate surface area is 122 Å². The third-order valence-electron chi connectivity index (χ3n) is 2.36. The lowest BCUT2D eigenvalue weighted by molar-refractivity contribution is -0.143. The SMILES string of the molecule is CCOC(=O)CCS(=O)(=O)N[C@H](CCC(=O)OC)C(=O)O. The number of carboxylic acid groups (broad SMARTS) is 1. The summed E-state index contributed by atoms with van der Waals surface area (Å²) in [4.78, 5) is 33.0. The van der Waals surface area contributed by atoms with Crippen LogP contribution < -0.4 is 4.72 Å². The molecule has 0 aliphatic carbocycles. The quantitative estimate of drug-likeness (QED) is 0.501. The maximum atomic E-state index is 11.7. The molecule has 0 bridgehead atoms. The molecule has 0 aromatic carbocycles. The van der Waals surface area contributed by atoms with Gasteiger partial charge in [-0.05, 0) is 13.3 Å². The first-order valence-corrected chi connectivity index (χ1v) is 7.82. The van der Waals surface area contributed by atoms with Crippen molar-refractivity contribution in [2.45, 2.75) is 32.2 Å². The van der Waals surface area contributed by atoms with E-state index in [4.69, 9.17) is 5.11 Å². The van der Waals surface area contributed by atoms with Crippen molar-refractivity contribution in [2.75, 3.05) is 19.5 Å². The highest BCUT2D eigenvalue weighted by Crippen LogP contribution is 2.03. The first-order chi connectivity index (χ1) is 9.71. The van der Waals surface area contributed by atoms with Gasteiger partial charge < -0.3 is 14.6 Å². The predicted octanol–water partition coefficient (Wildman–Crippen LogP) is -0.735. The Kier molecular flexibility index (Phi) is 8.55. The highest BCUT2D eigenvalue weighted by molar-refractivity contribution is 7.89. The summed E-state index contributed by atoms with van der Waals surface area (Å²) in [6.45, 7) is 1.71. The Hall–Kier alpha value is -1.68. The van der Waals surface area contributed by atoms with E-state index in [2.05, 4.69) is 9.47 Å². The fourth-order valence-electron chi connectivity index (χ4n) is 1.32. The van der Waals surface area contributed by atoms with Gasteiger partial charge in [-0.2, -0.15) is 0 Å². The van der Waals surface area contributed by atoms with Gasteiger partial charge in [0.05, 0.1) is 25.9 Å². The monoisotopic (exact) mass is 325 g/mol. The zero-order valence-corrected chi connectivity index (χ0v) is 12.6. The topological polar surface area (TPSA) is 136 Å². The Balaban J connectivity index is 4.50.